The van der Waals surface area contributed by atoms with Crippen LogP contribution in [-0.4, -0.2) is 33.5 Å². The van der Waals surface area contributed by atoms with Crippen molar-refractivity contribution >= 4 is 22.9 Å². The number of carbonyl (C=O) groups is 1. The predicted octanol–water partition coefficient (Wildman–Crippen LogP) is 4.04. The third-order valence-electron chi connectivity index (χ3n) is 4.03. The Morgan fingerprint density at radius 2 is 2.08 bits per heavy atom. The van der Waals surface area contributed by atoms with Gasteiger partial charge >= 0.3 is 0 Å². The van der Waals surface area contributed by atoms with E-state index in [-0.39, 0.29) is 11.9 Å². The molecule has 1 N–H and O–H groups in total. The van der Waals surface area contributed by atoms with Crippen LogP contribution in [-0.2, 0) is 11.3 Å². The topological polar surface area (TPSA) is 71.3 Å². The Labute approximate surface area is 156 Å². The number of rotatable bonds is 8. The molecule has 1 amide bonds. The predicted molar refractivity (Wildman–Crippen MR) is 103 cm³/mol. The van der Waals surface area contributed by atoms with Crippen LogP contribution in [0.3, 0.4) is 0 Å². The summed E-state index contributed by atoms with van der Waals surface area (Å²) in [5.41, 5.74) is 0.790. The van der Waals surface area contributed by atoms with E-state index in [0.29, 0.717) is 18.3 Å². The number of anilines is 1. The highest BCUT2D eigenvalue weighted by molar-refractivity contribution is 7.13. The first kappa shape index (κ1) is 18.3. The van der Waals surface area contributed by atoms with Crippen molar-refractivity contribution in [1.29, 1.82) is 0 Å². The molecule has 3 aromatic rings. The SMILES string of the molecule is CCCN(Cc1nc(-c2cccs2)no1)C(C)C(=O)Nc1ccccc1. The number of para-hydroxylation sites is 1. The van der Waals surface area contributed by atoms with Gasteiger partial charge in [0.2, 0.25) is 17.6 Å². The maximum atomic E-state index is 12.6. The lowest BCUT2D eigenvalue weighted by molar-refractivity contribution is -0.121. The molecule has 0 aliphatic rings. The Kier molecular flexibility index (Phi) is 6.14. The molecule has 0 aliphatic heterocycles. The number of aromatic nitrogens is 2. The highest BCUT2D eigenvalue weighted by atomic mass is 32.1. The Hall–Kier alpha value is -2.51. The van der Waals surface area contributed by atoms with Crippen molar-refractivity contribution in [2.45, 2.75) is 32.9 Å². The van der Waals surface area contributed by atoms with Crippen LogP contribution < -0.4 is 5.32 Å². The third kappa shape index (κ3) is 4.56. The fraction of sp³-hybridized carbons (Fsp3) is 0.316. The van der Waals surface area contributed by atoms with Gasteiger partial charge in [-0.05, 0) is 43.5 Å². The molecule has 6 nitrogen and oxygen atoms in total. The van der Waals surface area contributed by atoms with Gasteiger partial charge in [0.25, 0.3) is 0 Å². The van der Waals surface area contributed by atoms with Crippen LogP contribution in [0, 0.1) is 0 Å². The van der Waals surface area contributed by atoms with Gasteiger partial charge in [0.1, 0.15) is 0 Å². The van der Waals surface area contributed by atoms with Crippen LogP contribution in [0.1, 0.15) is 26.2 Å². The van der Waals surface area contributed by atoms with E-state index in [4.69, 9.17) is 4.52 Å². The molecular weight excluding hydrogens is 348 g/mol. The first-order chi connectivity index (χ1) is 12.7. The second-order valence-electron chi connectivity index (χ2n) is 5.99. The van der Waals surface area contributed by atoms with Crippen LogP contribution in [0.15, 0.2) is 52.4 Å². The molecule has 3 rings (SSSR count). The van der Waals surface area contributed by atoms with Crippen molar-refractivity contribution in [3.8, 4) is 10.7 Å². The van der Waals surface area contributed by atoms with E-state index in [1.807, 2.05) is 59.7 Å². The quantitative estimate of drug-likeness (QED) is 0.648. The fourth-order valence-electron chi connectivity index (χ4n) is 2.63. The van der Waals surface area contributed by atoms with Crippen LogP contribution in [0.25, 0.3) is 10.7 Å². The minimum atomic E-state index is -0.313. The largest absolute Gasteiger partial charge is 0.338 e. The number of nitrogens with one attached hydrogen (secondary N) is 1. The minimum absolute atomic E-state index is 0.0531. The number of thiophene rings is 1. The van der Waals surface area contributed by atoms with Crippen LogP contribution >= 0.6 is 11.3 Å². The zero-order valence-corrected chi connectivity index (χ0v) is 15.7. The maximum Gasteiger partial charge on any atom is 0.241 e. The summed E-state index contributed by atoms with van der Waals surface area (Å²) in [6.45, 7) is 5.18. The Morgan fingerprint density at radius 1 is 1.27 bits per heavy atom. The molecule has 1 atom stereocenters. The number of hydrogen-bond acceptors (Lipinski definition) is 6. The third-order valence-corrected chi connectivity index (χ3v) is 4.89. The first-order valence-corrected chi connectivity index (χ1v) is 9.51. The number of nitrogens with zero attached hydrogens (tertiary/aromatic N) is 3. The van der Waals surface area contributed by atoms with Crippen LogP contribution in [0.2, 0.25) is 0 Å². The zero-order valence-electron chi connectivity index (χ0n) is 14.9. The van der Waals surface area contributed by atoms with E-state index in [0.717, 1.165) is 23.5 Å². The van der Waals surface area contributed by atoms with Crippen molar-refractivity contribution < 1.29 is 9.32 Å². The van der Waals surface area contributed by atoms with E-state index < -0.39 is 0 Å². The van der Waals surface area contributed by atoms with Gasteiger partial charge in [0.15, 0.2) is 0 Å². The number of carbonyl (C=O) groups excluding carboxylic acids is 1. The lowest BCUT2D eigenvalue weighted by atomic mass is 10.2. The zero-order chi connectivity index (χ0) is 18.4. The molecular formula is C19H22N4O2S. The smallest absolute Gasteiger partial charge is 0.241 e. The van der Waals surface area contributed by atoms with Gasteiger partial charge in [-0.25, -0.2) is 0 Å². The van der Waals surface area contributed by atoms with Crippen LogP contribution in [0.5, 0.6) is 0 Å². The molecule has 1 aromatic carbocycles. The second kappa shape index (κ2) is 8.73. The molecule has 1 unspecified atom stereocenters. The summed E-state index contributed by atoms with van der Waals surface area (Å²) in [6.07, 6.45) is 0.925. The summed E-state index contributed by atoms with van der Waals surface area (Å²) in [7, 11) is 0. The van der Waals surface area contributed by atoms with Crippen molar-refractivity contribution in [1.82, 2.24) is 15.0 Å². The number of hydrogen-bond donors (Lipinski definition) is 1. The summed E-state index contributed by atoms with van der Waals surface area (Å²) >= 11 is 1.57. The van der Waals surface area contributed by atoms with Gasteiger partial charge in [0.05, 0.1) is 17.5 Å². The number of benzene rings is 1. The second-order valence-corrected chi connectivity index (χ2v) is 6.94. The van der Waals surface area contributed by atoms with E-state index >= 15 is 0 Å². The normalized spacial score (nSPS) is 12.3. The molecule has 2 heterocycles. The number of amides is 1. The van der Waals surface area contributed by atoms with Crippen molar-refractivity contribution in [3.63, 3.8) is 0 Å². The Bertz CT molecular complexity index is 817. The molecule has 0 aliphatic carbocycles. The molecule has 0 saturated heterocycles. The highest BCUT2D eigenvalue weighted by Crippen LogP contribution is 2.22. The van der Waals surface area contributed by atoms with E-state index in [1.54, 1.807) is 11.3 Å². The standard InChI is InChI=1S/C19H22N4O2S/c1-3-11-23(14(2)19(24)20-15-8-5-4-6-9-15)13-17-21-18(22-25-17)16-10-7-12-26-16/h4-10,12,14H,3,11,13H2,1-2H3,(H,20,24). The average molecular weight is 370 g/mol. The Balaban J connectivity index is 1.67. The lowest BCUT2D eigenvalue weighted by Crippen LogP contribution is -2.42. The van der Waals surface area contributed by atoms with Crippen molar-refractivity contribution in [2.24, 2.45) is 0 Å². The monoisotopic (exact) mass is 370 g/mol. The van der Waals surface area contributed by atoms with Gasteiger partial charge in [-0.15, -0.1) is 11.3 Å². The van der Waals surface area contributed by atoms with E-state index in [1.165, 1.54) is 0 Å². The van der Waals surface area contributed by atoms with Gasteiger partial charge < -0.3 is 9.84 Å². The molecule has 0 spiro atoms. The first-order valence-electron chi connectivity index (χ1n) is 8.63. The fourth-order valence-corrected chi connectivity index (χ4v) is 3.28. The molecule has 0 bridgehead atoms. The summed E-state index contributed by atoms with van der Waals surface area (Å²) in [5, 5.41) is 8.97. The molecule has 26 heavy (non-hydrogen) atoms. The van der Waals surface area contributed by atoms with Crippen LogP contribution in [0.4, 0.5) is 5.69 Å². The lowest BCUT2D eigenvalue weighted by Gasteiger charge is -2.26. The molecule has 136 valence electrons. The molecule has 0 fully saturated rings. The highest BCUT2D eigenvalue weighted by Gasteiger charge is 2.23. The molecule has 0 radical (unpaired) electrons. The summed E-state index contributed by atoms with van der Waals surface area (Å²) in [5.74, 6) is 1.05. The average Bonchev–Trinajstić information content (AvgIpc) is 3.33. The van der Waals surface area contributed by atoms with Crippen molar-refractivity contribution in [2.75, 3.05) is 11.9 Å². The van der Waals surface area contributed by atoms with E-state index in [2.05, 4.69) is 22.4 Å². The molecule has 2 aromatic heterocycles. The van der Waals surface area contributed by atoms with Gasteiger partial charge in [-0.1, -0.05) is 36.3 Å². The molecule has 0 saturated carbocycles. The maximum absolute atomic E-state index is 12.6. The van der Waals surface area contributed by atoms with E-state index in [9.17, 15) is 4.79 Å². The van der Waals surface area contributed by atoms with Gasteiger partial charge in [0, 0.05) is 5.69 Å². The summed E-state index contributed by atoms with van der Waals surface area (Å²) in [4.78, 5) is 20.1. The minimum Gasteiger partial charge on any atom is -0.338 e. The Morgan fingerprint density at radius 3 is 2.77 bits per heavy atom. The van der Waals surface area contributed by atoms with Gasteiger partial charge in [-0.2, -0.15) is 4.98 Å². The summed E-state index contributed by atoms with van der Waals surface area (Å²) < 4.78 is 5.39. The molecule has 7 heteroatoms. The van der Waals surface area contributed by atoms with Gasteiger partial charge in [-0.3, -0.25) is 9.69 Å². The van der Waals surface area contributed by atoms with Crippen molar-refractivity contribution in [3.05, 3.63) is 53.7 Å². The summed E-state index contributed by atoms with van der Waals surface area (Å²) in [6, 6.07) is 13.1.